The van der Waals surface area contributed by atoms with Gasteiger partial charge in [0.1, 0.15) is 6.42 Å². The van der Waals surface area contributed by atoms with Crippen LogP contribution >= 0.6 is 0 Å². The van der Waals surface area contributed by atoms with Crippen LogP contribution in [0.15, 0.2) is 18.2 Å². The lowest BCUT2D eigenvalue weighted by molar-refractivity contribution is -0.120. The van der Waals surface area contributed by atoms with Crippen molar-refractivity contribution < 1.29 is 4.79 Å². The predicted octanol–water partition coefficient (Wildman–Crippen LogP) is 1.60. The summed E-state index contributed by atoms with van der Waals surface area (Å²) < 4.78 is 0. The maximum absolute atomic E-state index is 11.2. The van der Waals surface area contributed by atoms with Gasteiger partial charge in [-0.15, -0.1) is 0 Å². The number of nitrogens with zero attached hydrogens (tertiary/aromatic N) is 2. The van der Waals surface area contributed by atoms with Gasteiger partial charge in [0.05, 0.1) is 6.07 Å². The zero-order chi connectivity index (χ0) is 13.0. The van der Waals surface area contributed by atoms with E-state index in [1.807, 2.05) is 12.1 Å². The van der Waals surface area contributed by atoms with Crippen LogP contribution in [0.3, 0.4) is 0 Å². The standard InChI is InChI=1S/C14H17N3O/c1-17-8-2-3-12-9-11(4-5-13(12)17)10-16-14(18)6-7-15/h4-5,9H,2-3,6,8,10H2,1H3,(H,16,18). The minimum absolute atomic E-state index is 0.0757. The van der Waals surface area contributed by atoms with Crippen LogP contribution in [0.1, 0.15) is 24.0 Å². The van der Waals surface area contributed by atoms with E-state index in [0.717, 1.165) is 18.5 Å². The van der Waals surface area contributed by atoms with Crippen molar-refractivity contribution in [1.82, 2.24) is 5.32 Å². The third-order valence-electron chi connectivity index (χ3n) is 3.22. The van der Waals surface area contributed by atoms with Gasteiger partial charge in [-0.05, 0) is 30.0 Å². The molecule has 1 aromatic rings. The van der Waals surface area contributed by atoms with Crippen LogP contribution in [-0.4, -0.2) is 19.5 Å². The topological polar surface area (TPSA) is 56.1 Å². The minimum atomic E-state index is -0.215. The van der Waals surface area contributed by atoms with Crippen LogP contribution in [0.5, 0.6) is 0 Å². The fourth-order valence-electron chi connectivity index (χ4n) is 2.28. The van der Waals surface area contributed by atoms with Gasteiger partial charge in [-0.3, -0.25) is 4.79 Å². The van der Waals surface area contributed by atoms with Crippen molar-refractivity contribution in [2.24, 2.45) is 0 Å². The fraction of sp³-hybridized carbons (Fsp3) is 0.429. The summed E-state index contributed by atoms with van der Waals surface area (Å²) in [7, 11) is 2.10. The molecule has 0 unspecified atom stereocenters. The average molecular weight is 243 g/mol. The highest BCUT2D eigenvalue weighted by molar-refractivity contribution is 5.77. The second kappa shape index (κ2) is 5.54. The molecule has 1 amide bonds. The Hall–Kier alpha value is -2.02. The SMILES string of the molecule is CN1CCCc2cc(CNC(=O)CC#N)ccc21. The number of nitrogens with one attached hydrogen (secondary N) is 1. The summed E-state index contributed by atoms with van der Waals surface area (Å²) in [5.41, 5.74) is 3.72. The van der Waals surface area contributed by atoms with E-state index in [1.165, 1.54) is 17.7 Å². The van der Waals surface area contributed by atoms with E-state index in [1.54, 1.807) is 0 Å². The summed E-state index contributed by atoms with van der Waals surface area (Å²) in [6.07, 6.45) is 2.20. The molecule has 0 bridgehead atoms. The number of nitriles is 1. The number of hydrogen-bond acceptors (Lipinski definition) is 3. The maximum atomic E-state index is 11.2. The molecule has 0 saturated carbocycles. The van der Waals surface area contributed by atoms with E-state index >= 15 is 0 Å². The second-order valence-electron chi connectivity index (χ2n) is 4.60. The molecule has 4 heteroatoms. The Morgan fingerprint density at radius 1 is 1.56 bits per heavy atom. The predicted molar refractivity (Wildman–Crippen MR) is 70.1 cm³/mol. The number of benzene rings is 1. The Bertz CT molecular complexity index is 490. The molecule has 0 fully saturated rings. The lowest BCUT2D eigenvalue weighted by Crippen LogP contribution is -2.25. The molecule has 4 nitrogen and oxygen atoms in total. The number of amides is 1. The smallest absolute Gasteiger partial charge is 0.234 e. The quantitative estimate of drug-likeness (QED) is 0.877. The van der Waals surface area contributed by atoms with Gasteiger partial charge in [-0.2, -0.15) is 5.26 Å². The van der Waals surface area contributed by atoms with Crippen molar-refractivity contribution in [1.29, 1.82) is 5.26 Å². The van der Waals surface area contributed by atoms with E-state index in [-0.39, 0.29) is 12.3 Å². The number of anilines is 1. The number of hydrogen-bond donors (Lipinski definition) is 1. The molecular formula is C14H17N3O. The first kappa shape index (κ1) is 12.4. The van der Waals surface area contributed by atoms with E-state index in [9.17, 15) is 4.79 Å². The van der Waals surface area contributed by atoms with Crippen molar-refractivity contribution in [2.75, 3.05) is 18.5 Å². The van der Waals surface area contributed by atoms with Crippen molar-refractivity contribution in [3.63, 3.8) is 0 Å². The lowest BCUT2D eigenvalue weighted by Gasteiger charge is -2.27. The molecule has 1 heterocycles. The van der Waals surface area contributed by atoms with Crippen LogP contribution in [0, 0.1) is 11.3 Å². The summed E-state index contributed by atoms with van der Waals surface area (Å²) in [4.78, 5) is 13.5. The first-order chi connectivity index (χ1) is 8.70. The van der Waals surface area contributed by atoms with Gasteiger partial charge in [-0.1, -0.05) is 12.1 Å². The minimum Gasteiger partial charge on any atom is -0.374 e. The Morgan fingerprint density at radius 3 is 3.17 bits per heavy atom. The third kappa shape index (κ3) is 2.80. The molecule has 18 heavy (non-hydrogen) atoms. The Kier molecular flexibility index (Phi) is 3.83. The molecule has 1 aliphatic rings. The summed E-state index contributed by atoms with van der Waals surface area (Å²) in [6, 6.07) is 8.14. The van der Waals surface area contributed by atoms with Crippen LogP contribution in [0.2, 0.25) is 0 Å². The maximum Gasteiger partial charge on any atom is 0.234 e. The highest BCUT2D eigenvalue weighted by Gasteiger charge is 2.13. The van der Waals surface area contributed by atoms with E-state index in [0.29, 0.717) is 6.54 Å². The molecular weight excluding hydrogens is 226 g/mol. The van der Waals surface area contributed by atoms with Crippen LogP contribution in [0.4, 0.5) is 5.69 Å². The van der Waals surface area contributed by atoms with Crippen molar-refractivity contribution in [2.45, 2.75) is 25.8 Å². The summed E-state index contributed by atoms with van der Waals surface area (Å²) >= 11 is 0. The first-order valence-corrected chi connectivity index (χ1v) is 6.17. The van der Waals surface area contributed by atoms with Crippen LogP contribution in [0.25, 0.3) is 0 Å². The first-order valence-electron chi connectivity index (χ1n) is 6.17. The largest absolute Gasteiger partial charge is 0.374 e. The Labute approximate surface area is 107 Å². The Morgan fingerprint density at radius 2 is 2.39 bits per heavy atom. The second-order valence-corrected chi connectivity index (χ2v) is 4.60. The molecule has 0 spiro atoms. The van der Waals surface area contributed by atoms with Crippen molar-refractivity contribution >= 4 is 11.6 Å². The van der Waals surface area contributed by atoms with Gasteiger partial charge in [-0.25, -0.2) is 0 Å². The zero-order valence-electron chi connectivity index (χ0n) is 10.6. The molecule has 1 aliphatic heterocycles. The molecule has 2 rings (SSSR count). The molecule has 0 atom stereocenters. The number of carbonyl (C=O) groups excluding carboxylic acids is 1. The van der Waals surface area contributed by atoms with Crippen molar-refractivity contribution in [3.8, 4) is 6.07 Å². The van der Waals surface area contributed by atoms with Gasteiger partial charge in [0.15, 0.2) is 0 Å². The molecule has 94 valence electrons. The number of rotatable bonds is 3. The molecule has 0 radical (unpaired) electrons. The van der Waals surface area contributed by atoms with Crippen LogP contribution in [-0.2, 0) is 17.8 Å². The highest BCUT2D eigenvalue weighted by atomic mass is 16.1. The summed E-state index contributed by atoms with van der Waals surface area (Å²) in [5.74, 6) is -0.215. The summed E-state index contributed by atoms with van der Waals surface area (Å²) in [5, 5.41) is 11.1. The lowest BCUT2D eigenvalue weighted by atomic mass is 9.99. The van der Waals surface area contributed by atoms with Gasteiger partial charge < -0.3 is 10.2 Å². The van der Waals surface area contributed by atoms with E-state index in [4.69, 9.17) is 5.26 Å². The fourth-order valence-corrected chi connectivity index (χ4v) is 2.28. The molecule has 0 aromatic heterocycles. The van der Waals surface area contributed by atoms with Gasteiger partial charge in [0, 0.05) is 25.8 Å². The van der Waals surface area contributed by atoms with Crippen molar-refractivity contribution in [3.05, 3.63) is 29.3 Å². The molecule has 0 saturated heterocycles. The normalized spacial score (nSPS) is 13.7. The molecule has 1 aromatic carbocycles. The van der Waals surface area contributed by atoms with Gasteiger partial charge in [0.2, 0.25) is 5.91 Å². The molecule has 0 aliphatic carbocycles. The van der Waals surface area contributed by atoms with Crippen LogP contribution < -0.4 is 10.2 Å². The van der Waals surface area contributed by atoms with E-state index < -0.39 is 0 Å². The van der Waals surface area contributed by atoms with Gasteiger partial charge in [0.25, 0.3) is 0 Å². The average Bonchev–Trinajstić information content (AvgIpc) is 2.37. The number of carbonyl (C=O) groups is 1. The van der Waals surface area contributed by atoms with E-state index in [2.05, 4.69) is 29.4 Å². The number of fused-ring (bicyclic) bond motifs is 1. The third-order valence-corrected chi connectivity index (χ3v) is 3.22. The Balaban J connectivity index is 2.03. The number of aryl methyl sites for hydroxylation is 1. The summed E-state index contributed by atoms with van der Waals surface area (Å²) in [6.45, 7) is 1.60. The highest BCUT2D eigenvalue weighted by Crippen LogP contribution is 2.26. The molecule has 1 N–H and O–H groups in total. The van der Waals surface area contributed by atoms with Gasteiger partial charge >= 0.3 is 0 Å². The zero-order valence-corrected chi connectivity index (χ0v) is 10.6. The monoisotopic (exact) mass is 243 g/mol.